The van der Waals surface area contributed by atoms with Crippen LogP contribution in [0.3, 0.4) is 0 Å². The fraction of sp³-hybridized carbons (Fsp3) is 0.400. The Bertz CT molecular complexity index is 101. The molecule has 1 heterocycles. The van der Waals surface area contributed by atoms with Gasteiger partial charge < -0.3 is 16.8 Å². The molecule has 52 valence electrons. The van der Waals surface area contributed by atoms with Crippen molar-refractivity contribution in [1.82, 2.24) is 5.32 Å². The summed E-state index contributed by atoms with van der Waals surface area (Å²) in [7, 11) is 0. The topological polar surface area (TPSA) is 81.1 Å². The molecule has 5 N–H and O–H groups in total. The monoisotopic (exact) mass is 129 g/mol. The molecule has 2 amide bonds. The number of carbonyl (C=O) groups excluding carboxylic acids is 1. The first kappa shape index (κ1) is 7.81. The molecule has 9 heavy (non-hydrogen) atoms. The van der Waals surface area contributed by atoms with Crippen LogP contribution < -0.4 is 16.8 Å². The van der Waals surface area contributed by atoms with Crippen LogP contribution >= 0.6 is 0 Å². The van der Waals surface area contributed by atoms with Gasteiger partial charge in [0.15, 0.2) is 0 Å². The van der Waals surface area contributed by atoms with Crippen LogP contribution in [0.15, 0.2) is 12.3 Å². The van der Waals surface area contributed by atoms with E-state index in [0.29, 0.717) is 0 Å². The standard InChI is InChI=1S/C4H7N.CH4N2O/c1-2-4-5-3-1;2-1(3)4/h1,3,5H,2,4H2;(H4,2,3,4). The largest absolute Gasteiger partial charge is 0.391 e. The van der Waals surface area contributed by atoms with Gasteiger partial charge in [-0.2, -0.15) is 0 Å². The molecule has 0 atom stereocenters. The van der Waals surface area contributed by atoms with Crippen molar-refractivity contribution in [3.05, 3.63) is 12.3 Å². The molecule has 0 aromatic heterocycles. The molecule has 1 rings (SSSR count). The van der Waals surface area contributed by atoms with Crippen LogP contribution in [0.5, 0.6) is 0 Å². The van der Waals surface area contributed by atoms with Gasteiger partial charge >= 0.3 is 6.03 Å². The molecule has 0 radical (unpaired) electrons. The van der Waals surface area contributed by atoms with E-state index in [2.05, 4.69) is 22.9 Å². The van der Waals surface area contributed by atoms with Crippen LogP contribution in [0.25, 0.3) is 0 Å². The number of hydrogen-bond donors (Lipinski definition) is 3. The molecule has 1 aliphatic rings. The summed E-state index contributed by atoms with van der Waals surface area (Å²) in [6.07, 6.45) is 5.32. The van der Waals surface area contributed by atoms with Crippen molar-refractivity contribution in [3.63, 3.8) is 0 Å². The van der Waals surface area contributed by atoms with E-state index >= 15 is 0 Å². The molecule has 0 saturated heterocycles. The molecule has 0 aromatic rings. The average molecular weight is 129 g/mol. The van der Waals surface area contributed by atoms with Gasteiger partial charge in [0.05, 0.1) is 0 Å². The van der Waals surface area contributed by atoms with Crippen molar-refractivity contribution in [1.29, 1.82) is 0 Å². The number of carbonyl (C=O) groups is 1. The molecule has 0 saturated carbocycles. The van der Waals surface area contributed by atoms with E-state index in [1.54, 1.807) is 0 Å². The van der Waals surface area contributed by atoms with Gasteiger partial charge in [-0.3, -0.25) is 0 Å². The van der Waals surface area contributed by atoms with Gasteiger partial charge in [0.1, 0.15) is 0 Å². The molecule has 0 aromatic carbocycles. The number of rotatable bonds is 0. The lowest BCUT2D eigenvalue weighted by molar-refractivity contribution is 0.256. The van der Waals surface area contributed by atoms with Crippen LogP contribution in [0.4, 0.5) is 4.79 Å². The van der Waals surface area contributed by atoms with Crippen molar-refractivity contribution in [2.45, 2.75) is 6.42 Å². The van der Waals surface area contributed by atoms with Gasteiger partial charge in [-0.1, -0.05) is 6.08 Å². The minimum atomic E-state index is -0.833. The van der Waals surface area contributed by atoms with Crippen LogP contribution in [0.2, 0.25) is 0 Å². The minimum Gasteiger partial charge on any atom is -0.391 e. The maximum absolute atomic E-state index is 9.00. The third kappa shape index (κ3) is 10.9. The van der Waals surface area contributed by atoms with Crippen molar-refractivity contribution in [2.24, 2.45) is 11.5 Å². The summed E-state index contributed by atoms with van der Waals surface area (Å²) in [6, 6.07) is -0.833. The normalized spacial score (nSPS) is 13.3. The molecule has 0 bridgehead atoms. The van der Waals surface area contributed by atoms with Crippen molar-refractivity contribution in [2.75, 3.05) is 6.54 Å². The number of hydrogen-bond acceptors (Lipinski definition) is 2. The lowest BCUT2D eigenvalue weighted by Gasteiger charge is -1.78. The lowest BCUT2D eigenvalue weighted by Crippen LogP contribution is -2.18. The van der Waals surface area contributed by atoms with E-state index in [4.69, 9.17) is 4.79 Å². The number of primary amides is 2. The Hall–Kier alpha value is -1.19. The van der Waals surface area contributed by atoms with Gasteiger partial charge in [0.2, 0.25) is 0 Å². The predicted molar refractivity (Wildman–Crippen MR) is 35.5 cm³/mol. The summed E-state index contributed by atoms with van der Waals surface area (Å²) in [6.45, 7) is 1.14. The summed E-state index contributed by atoms with van der Waals surface area (Å²) >= 11 is 0. The molecule has 0 aliphatic carbocycles. The third-order valence-corrected chi connectivity index (χ3v) is 0.691. The number of amides is 2. The fourth-order valence-corrected chi connectivity index (χ4v) is 0.417. The van der Waals surface area contributed by atoms with Gasteiger partial charge in [-0.15, -0.1) is 0 Å². The first-order valence-electron chi connectivity index (χ1n) is 2.67. The summed E-state index contributed by atoms with van der Waals surface area (Å²) in [5.74, 6) is 0. The van der Waals surface area contributed by atoms with Crippen LogP contribution in [0.1, 0.15) is 6.42 Å². The smallest absolute Gasteiger partial charge is 0.309 e. The zero-order valence-electron chi connectivity index (χ0n) is 5.13. The Morgan fingerprint density at radius 2 is 2.11 bits per heavy atom. The summed E-state index contributed by atoms with van der Waals surface area (Å²) < 4.78 is 0. The Balaban J connectivity index is 0.000000148. The number of nitrogens with two attached hydrogens (primary N) is 2. The summed E-state index contributed by atoms with van der Waals surface area (Å²) in [5, 5.41) is 3.04. The van der Waals surface area contributed by atoms with E-state index in [-0.39, 0.29) is 0 Å². The first-order valence-corrected chi connectivity index (χ1v) is 2.67. The van der Waals surface area contributed by atoms with E-state index < -0.39 is 6.03 Å². The first-order chi connectivity index (χ1) is 4.23. The Morgan fingerprint density at radius 3 is 2.22 bits per heavy atom. The van der Waals surface area contributed by atoms with Crippen LogP contribution in [-0.4, -0.2) is 12.6 Å². The summed E-state index contributed by atoms with van der Waals surface area (Å²) in [5.41, 5.74) is 8.50. The number of nitrogens with one attached hydrogen (secondary N) is 1. The quantitative estimate of drug-likeness (QED) is 0.413. The maximum Gasteiger partial charge on any atom is 0.309 e. The van der Waals surface area contributed by atoms with Crippen molar-refractivity contribution >= 4 is 6.03 Å². The highest BCUT2D eigenvalue weighted by molar-refractivity contribution is 5.69. The van der Waals surface area contributed by atoms with E-state index in [9.17, 15) is 0 Å². The Labute approximate surface area is 53.9 Å². The third-order valence-electron chi connectivity index (χ3n) is 0.691. The molecular formula is C5H11N3O. The van der Waals surface area contributed by atoms with Crippen molar-refractivity contribution < 1.29 is 4.79 Å². The minimum absolute atomic E-state index is 0.833. The van der Waals surface area contributed by atoms with Crippen LogP contribution in [-0.2, 0) is 0 Å². The Kier molecular flexibility index (Phi) is 4.30. The molecule has 0 spiro atoms. The predicted octanol–water partition coefficient (Wildman–Crippen LogP) is -0.483. The zero-order valence-corrected chi connectivity index (χ0v) is 5.13. The molecule has 1 aliphatic heterocycles. The maximum atomic E-state index is 9.00. The SMILES string of the molecule is C1=CNCC1.NC(N)=O. The molecule has 4 nitrogen and oxygen atoms in total. The van der Waals surface area contributed by atoms with Crippen molar-refractivity contribution in [3.8, 4) is 0 Å². The van der Waals surface area contributed by atoms with E-state index in [0.717, 1.165) is 6.54 Å². The number of urea groups is 1. The second kappa shape index (κ2) is 4.96. The Morgan fingerprint density at radius 1 is 1.56 bits per heavy atom. The lowest BCUT2D eigenvalue weighted by atomic mass is 10.5. The second-order valence-electron chi connectivity index (χ2n) is 1.55. The molecule has 0 fully saturated rings. The fourth-order valence-electron chi connectivity index (χ4n) is 0.417. The second-order valence-corrected chi connectivity index (χ2v) is 1.55. The zero-order chi connectivity index (χ0) is 7.11. The van der Waals surface area contributed by atoms with Gasteiger partial charge in [-0.25, -0.2) is 4.79 Å². The average Bonchev–Trinajstić information content (AvgIpc) is 2.11. The molecular weight excluding hydrogens is 118 g/mol. The van der Waals surface area contributed by atoms with Gasteiger partial charge in [-0.05, 0) is 12.6 Å². The highest BCUT2D eigenvalue weighted by atomic mass is 16.2. The highest BCUT2D eigenvalue weighted by Crippen LogP contribution is 1.84. The molecule has 4 heteroatoms. The van der Waals surface area contributed by atoms with E-state index in [1.165, 1.54) is 6.42 Å². The van der Waals surface area contributed by atoms with Crippen LogP contribution in [0, 0.1) is 0 Å². The molecule has 0 unspecified atom stereocenters. The van der Waals surface area contributed by atoms with E-state index in [1.807, 2.05) is 6.20 Å². The van der Waals surface area contributed by atoms with Gasteiger partial charge in [0, 0.05) is 6.54 Å². The highest BCUT2D eigenvalue weighted by Gasteiger charge is 1.81. The summed E-state index contributed by atoms with van der Waals surface area (Å²) in [4.78, 5) is 9.00. The van der Waals surface area contributed by atoms with Gasteiger partial charge in [0.25, 0.3) is 0 Å².